The number of carbonyl (C=O) groups is 1. The van der Waals surface area contributed by atoms with Gasteiger partial charge in [0.15, 0.2) is 0 Å². The van der Waals surface area contributed by atoms with Gasteiger partial charge in [-0.25, -0.2) is 4.79 Å². The molecule has 1 heterocycles. The van der Waals surface area contributed by atoms with Crippen LogP contribution >= 0.6 is 0 Å². The molecule has 0 spiro atoms. The van der Waals surface area contributed by atoms with Gasteiger partial charge in [0.05, 0.1) is 11.8 Å². The number of rotatable bonds is 2. The Bertz CT molecular complexity index is 1230. The summed E-state index contributed by atoms with van der Waals surface area (Å²) in [5.41, 5.74) is 0.397. The van der Waals surface area contributed by atoms with Gasteiger partial charge in [0.1, 0.15) is 12.0 Å². The van der Waals surface area contributed by atoms with Gasteiger partial charge in [-0.15, -0.1) is 0 Å². The van der Waals surface area contributed by atoms with Crippen molar-refractivity contribution in [2.45, 2.75) is 0 Å². The van der Waals surface area contributed by atoms with Gasteiger partial charge in [0.25, 0.3) is 0 Å². The van der Waals surface area contributed by atoms with Crippen molar-refractivity contribution in [2.24, 2.45) is 0 Å². The van der Waals surface area contributed by atoms with E-state index in [4.69, 9.17) is 9.15 Å². The maximum absolute atomic E-state index is 12.2. The standard InChI is InChI=1S/C23H14O3/c24-23(15-11-12-25-14-15)26-16-9-10-21-19-7-2-1-5-17(19)18-6-3-4-8-20(18)22(21)13-16/h1-14H. The van der Waals surface area contributed by atoms with E-state index in [1.54, 1.807) is 6.07 Å². The molecule has 0 aliphatic rings. The van der Waals surface area contributed by atoms with Gasteiger partial charge in [-0.2, -0.15) is 0 Å². The van der Waals surface area contributed by atoms with Gasteiger partial charge in [0.2, 0.25) is 0 Å². The third-order valence-corrected chi connectivity index (χ3v) is 4.68. The van der Waals surface area contributed by atoms with Crippen LogP contribution in [0.5, 0.6) is 5.75 Å². The summed E-state index contributed by atoms with van der Waals surface area (Å²) in [5.74, 6) is 0.0901. The maximum Gasteiger partial charge on any atom is 0.346 e. The van der Waals surface area contributed by atoms with Crippen molar-refractivity contribution in [2.75, 3.05) is 0 Å². The number of hydrogen-bond donors (Lipinski definition) is 0. The first kappa shape index (κ1) is 14.7. The van der Waals surface area contributed by atoms with E-state index in [2.05, 4.69) is 30.3 Å². The lowest BCUT2D eigenvalue weighted by Crippen LogP contribution is -2.06. The zero-order valence-electron chi connectivity index (χ0n) is 13.8. The summed E-state index contributed by atoms with van der Waals surface area (Å²) in [6, 6.07) is 24.0. The summed E-state index contributed by atoms with van der Waals surface area (Å²) in [6.45, 7) is 0. The third-order valence-electron chi connectivity index (χ3n) is 4.68. The minimum atomic E-state index is -0.428. The predicted octanol–water partition coefficient (Wildman–Crippen LogP) is 5.96. The molecule has 0 amide bonds. The van der Waals surface area contributed by atoms with Gasteiger partial charge in [-0.1, -0.05) is 54.6 Å². The molecule has 0 saturated carbocycles. The first-order valence-electron chi connectivity index (χ1n) is 8.39. The summed E-state index contributed by atoms with van der Waals surface area (Å²) >= 11 is 0. The zero-order chi connectivity index (χ0) is 17.5. The van der Waals surface area contributed by atoms with Crippen molar-refractivity contribution < 1.29 is 13.9 Å². The SMILES string of the molecule is O=C(Oc1ccc2c3ccccc3c3ccccc3c2c1)c1ccoc1. The Kier molecular flexibility index (Phi) is 3.25. The molecule has 4 aromatic carbocycles. The van der Waals surface area contributed by atoms with Crippen LogP contribution in [0.1, 0.15) is 10.4 Å². The first-order chi connectivity index (χ1) is 12.8. The molecular formula is C23H14O3. The van der Waals surface area contributed by atoms with E-state index in [0.717, 1.165) is 16.2 Å². The lowest BCUT2D eigenvalue weighted by molar-refractivity contribution is 0.0734. The van der Waals surface area contributed by atoms with Crippen molar-refractivity contribution in [3.8, 4) is 5.75 Å². The van der Waals surface area contributed by atoms with Crippen LogP contribution in [0.15, 0.2) is 89.7 Å². The highest BCUT2D eigenvalue weighted by atomic mass is 16.5. The molecule has 0 aliphatic heterocycles. The van der Waals surface area contributed by atoms with Gasteiger partial charge in [-0.3, -0.25) is 0 Å². The van der Waals surface area contributed by atoms with E-state index in [9.17, 15) is 4.79 Å². The van der Waals surface area contributed by atoms with Crippen LogP contribution in [0.3, 0.4) is 0 Å². The number of furan rings is 1. The summed E-state index contributed by atoms with van der Waals surface area (Å²) < 4.78 is 10.5. The highest BCUT2D eigenvalue weighted by molar-refractivity contribution is 6.25. The van der Waals surface area contributed by atoms with Crippen LogP contribution in [0, 0.1) is 0 Å². The van der Waals surface area contributed by atoms with E-state index in [1.807, 2.05) is 36.4 Å². The van der Waals surface area contributed by atoms with Crippen molar-refractivity contribution in [3.63, 3.8) is 0 Å². The molecule has 0 bridgehead atoms. The fourth-order valence-corrected chi connectivity index (χ4v) is 3.50. The molecule has 1 aromatic heterocycles. The molecule has 0 saturated heterocycles. The second-order valence-electron chi connectivity index (χ2n) is 6.20. The number of hydrogen-bond acceptors (Lipinski definition) is 3. The van der Waals surface area contributed by atoms with Gasteiger partial charge >= 0.3 is 5.97 Å². The Labute approximate surface area is 149 Å². The predicted molar refractivity (Wildman–Crippen MR) is 103 cm³/mol. The van der Waals surface area contributed by atoms with Gasteiger partial charge < -0.3 is 9.15 Å². The maximum atomic E-state index is 12.2. The number of esters is 1. The molecule has 0 aliphatic carbocycles. The van der Waals surface area contributed by atoms with Crippen molar-refractivity contribution >= 4 is 38.3 Å². The Balaban J connectivity index is 1.74. The van der Waals surface area contributed by atoms with Crippen molar-refractivity contribution in [1.29, 1.82) is 0 Å². The molecule has 124 valence electrons. The van der Waals surface area contributed by atoms with Crippen LogP contribution in [0.25, 0.3) is 32.3 Å². The third kappa shape index (κ3) is 2.25. The normalized spacial score (nSPS) is 11.2. The summed E-state index contributed by atoms with van der Waals surface area (Å²) in [6.07, 6.45) is 2.84. The molecule has 26 heavy (non-hydrogen) atoms. The monoisotopic (exact) mass is 338 g/mol. The smallest absolute Gasteiger partial charge is 0.346 e. The molecule has 0 unspecified atom stereocenters. The zero-order valence-corrected chi connectivity index (χ0v) is 13.8. The molecule has 5 aromatic rings. The van der Waals surface area contributed by atoms with E-state index < -0.39 is 5.97 Å². The number of fused-ring (bicyclic) bond motifs is 6. The van der Waals surface area contributed by atoms with Crippen LogP contribution in [-0.2, 0) is 0 Å². The quantitative estimate of drug-likeness (QED) is 0.226. The molecule has 0 fully saturated rings. The second kappa shape index (κ2) is 5.74. The molecular weight excluding hydrogens is 324 g/mol. The van der Waals surface area contributed by atoms with Gasteiger partial charge in [0, 0.05) is 0 Å². The molecule has 0 N–H and O–H groups in total. The van der Waals surface area contributed by atoms with Crippen LogP contribution in [0.4, 0.5) is 0 Å². The number of benzene rings is 4. The topological polar surface area (TPSA) is 39.4 Å². The lowest BCUT2D eigenvalue weighted by Gasteiger charge is -2.11. The lowest BCUT2D eigenvalue weighted by atomic mass is 9.94. The minimum absolute atomic E-state index is 0.397. The number of carbonyl (C=O) groups excluding carboxylic acids is 1. The van der Waals surface area contributed by atoms with E-state index in [-0.39, 0.29) is 0 Å². The Morgan fingerprint density at radius 3 is 1.85 bits per heavy atom. The molecule has 3 heteroatoms. The second-order valence-corrected chi connectivity index (χ2v) is 6.20. The van der Waals surface area contributed by atoms with Crippen LogP contribution in [0.2, 0.25) is 0 Å². The van der Waals surface area contributed by atoms with Gasteiger partial charge in [-0.05, 0) is 50.5 Å². The molecule has 5 rings (SSSR count). The average Bonchev–Trinajstić information content (AvgIpc) is 3.23. The summed E-state index contributed by atoms with van der Waals surface area (Å²) in [7, 11) is 0. The van der Waals surface area contributed by atoms with Crippen LogP contribution in [-0.4, -0.2) is 5.97 Å². The fraction of sp³-hybridized carbons (Fsp3) is 0. The van der Waals surface area contributed by atoms with E-state index in [1.165, 1.54) is 28.7 Å². The molecule has 3 nitrogen and oxygen atoms in total. The number of ether oxygens (including phenoxy) is 1. The highest BCUT2D eigenvalue weighted by Crippen LogP contribution is 2.36. The summed E-state index contributed by atoms with van der Waals surface area (Å²) in [4.78, 5) is 12.2. The van der Waals surface area contributed by atoms with E-state index in [0.29, 0.717) is 11.3 Å². The Morgan fingerprint density at radius 1 is 0.692 bits per heavy atom. The Hall–Kier alpha value is -3.59. The van der Waals surface area contributed by atoms with Crippen molar-refractivity contribution in [1.82, 2.24) is 0 Å². The highest BCUT2D eigenvalue weighted by Gasteiger charge is 2.12. The van der Waals surface area contributed by atoms with Crippen LogP contribution < -0.4 is 4.74 Å². The largest absolute Gasteiger partial charge is 0.472 e. The Morgan fingerprint density at radius 2 is 1.27 bits per heavy atom. The molecule has 0 atom stereocenters. The minimum Gasteiger partial charge on any atom is -0.472 e. The fourth-order valence-electron chi connectivity index (χ4n) is 3.50. The molecule has 0 radical (unpaired) electrons. The van der Waals surface area contributed by atoms with E-state index >= 15 is 0 Å². The average molecular weight is 338 g/mol. The van der Waals surface area contributed by atoms with Crippen molar-refractivity contribution in [3.05, 3.63) is 90.9 Å². The first-order valence-corrected chi connectivity index (χ1v) is 8.39. The summed E-state index contributed by atoms with van der Waals surface area (Å²) in [5, 5.41) is 6.95.